The van der Waals surface area contributed by atoms with Crippen molar-refractivity contribution in [2.45, 2.75) is 85.2 Å². The highest BCUT2D eigenvalue weighted by atomic mass is 28.3. The van der Waals surface area contributed by atoms with Crippen LogP contribution in [0.1, 0.15) is 79.0 Å². The number of ether oxygens (including phenoxy) is 1. The average Bonchev–Trinajstić information content (AvgIpc) is 1.44. The molecule has 0 saturated carbocycles. The van der Waals surface area contributed by atoms with E-state index in [0.717, 1.165) is 45.1 Å². The molecule has 440 valence electrons. The lowest BCUT2D eigenvalue weighted by Crippen LogP contribution is -2.74. The molecular weight excluding hydrogens is 1110 g/mol. The first-order chi connectivity index (χ1) is 43.5. The van der Waals surface area contributed by atoms with E-state index in [0.29, 0.717) is 6.67 Å². The van der Waals surface area contributed by atoms with Crippen LogP contribution in [0.25, 0.3) is 82.1 Å². The van der Waals surface area contributed by atoms with Crippen LogP contribution in [-0.4, -0.2) is 22.2 Å². The first kappa shape index (κ1) is 56.5. The molecule has 14 aromatic rings. The fraction of sp³-hybridized carbons (Fsp3) is 0.155. The van der Waals surface area contributed by atoms with Crippen LogP contribution in [0.5, 0.6) is 11.5 Å². The predicted molar refractivity (Wildman–Crippen MR) is 384 cm³/mol. The minimum atomic E-state index is -3.01. The fourth-order valence-corrected chi connectivity index (χ4v) is 19.1. The highest BCUT2D eigenvalue weighted by Gasteiger charge is 2.42. The normalized spacial score (nSPS) is 12.9. The average molecular weight is 1180 g/mol. The van der Waals surface area contributed by atoms with Crippen LogP contribution in [0.3, 0.4) is 0 Å². The van der Waals surface area contributed by atoms with Crippen molar-refractivity contribution >= 4 is 105 Å². The van der Waals surface area contributed by atoms with Crippen LogP contribution in [0, 0.1) is 0 Å². The van der Waals surface area contributed by atoms with Crippen molar-refractivity contribution in [3.8, 4) is 28.4 Å². The lowest BCUT2D eigenvalue weighted by atomic mass is 9.84. The standard InChI is InChI=1S/C84H74N4OSi/c1-82(2,3)57-42-44-70-73-38-24-37-67(56-48-59(84(7,8)9)50-66(49-56)90(63-28-13-10-14-29-63,64-30-15-11-16-31-64)65-32-17-12-18-33-65)80(73)87-55-86(77-41-25-39-74(81(77)87)68-34-19-20-35-69(68)75(70)51-57)60-26-23-27-61(53-60)89-62-43-45-72-71-36-21-22-40-76(71)88(78(72)54-62)79-52-58(46-47-85-79)83(4,5)6/h10-54H,55H2,1-9H3. The van der Waals surface area contributed by atoms with Crippen molar-refractivity contribution < 1.29 is 4.74 Å². The summed E-state index contributed by atoms with van der Waals surface area (Å²) in [5.41, 5.74) is 12.6. The summed E-state index contributed by atoms with van der Waals surface area (Å²) >= 11 is 0. The quantitative estimate of drug-likeness (QED) is 0.107. The molecule has 0 amide bonds. The Balaban J connectivity index is 0.974. The minimum absolute atomic E-state index is 0.0385. The van der Waals surface area contributed by atoms with Gasteiger partial charge in [0.2, 0.25) is 0 Å². The van der Waals surface area contributed by atoms with Gasteiger partial charge in [-0.1, -0.05) is 263 Å². The molecule has 1 aliphatic heterocycles. The van der Waals surface area contributed by atoms with Gasteiger partial charge < -0.3 is 14.2 Å². The lowest BCUT2D eigenvalue weighted by Gasteiger charge is -2.36. The zero-order valence-corrected chi connectivity index (χ0v) is 53.9. The van der Waals surface area contributed by atoms with E-state index in [4.69, 9.17) is 9.72 Å². The number of rotatable bonds is 9. The van der Waals surface area contributed by atoms with Crippen molar-refractivity contribution in [3.05, 3.63) is 290 Å². The van der Waals surface area contributed by atoms with E-state index in [1.807, 2.05) is 6.20 Å². The SMILES string of the molecule is CC(C)(C)c1cc(-c2cccc3c4ccc(C(C)(C)C)cc4c4ccccc4c4cccc5c4n(c23)CN5c2cccc(Oc3ccc4c5ccccc5n(-c5cc(C(C)(C)C)ccn5)c4c3)c2)cc([Si](c2ccccc2)(c2ccccc2)c2ccccc2)c1. The Morgan fingerprint density at radius 3 is 1.57 bits per heavy atom. The first-order valence-electron chi connectivity index (χ1n) is 31.7. The summed E-state index contributed by atoms with van der Waals surface area (Å²) in [5.74, 6) is 2.39. The smallest absolute Gasteiger partial charge is 0.179 e. The summed E-state index contributed by atoms with van der Waals surface area (Å²) in [6.07, 6.45) is 1.94. The maximum Gasteiger partial charge on any atom is 0.179 e. The van der Waals surface area contributed by atoms with Crippen LogP contribution in [0.2, 0.25) is 0 Å². The van der Waals surface area contributed by atoms with Crippen molar-refractivity contribution in [2.75, 3.05) is 4.90 Å². The summed E-state index contributed by atoms with van der Waals surface area (Å²) in [5, 5.41) is 15.0. The number of para-hydroxylation sites is 3. The summed E-state index contributed by atoms with van der Waals surface area (Å²) < 4.78 is 12.0. The van der Waals surface area contributed by atoms with Gasteiger partial charge in [0.25, 0.3) is 0 Å². The number of benzene rings is 11. The monoisotopic (exact) mass is 1180 g/mol. The molecule has 0 aliphatic carbocycles. The predicted octanol–water partition coefficient (Wildman–Crippen LogP) is 19.6. The number of nitrogens with zero attached hydrogens (tertiary/aromatic N) is 4. The van der Waals surface area contributed by atoms with E-state index in [9.17, 15) is 0 Å². The largest absolute Gasteiger partial charge is 0.457 e. The Morgan fingerprint density at radius 2 is 0.900 bits per heavy atom. The van der Waals surface area contributed by atoms with Crippen molar-refractivity contribution in [1.82, 2.24) is 14.1 Å². The van der Waals surface area contributed by atoms with Gasteiger partial charge in [-0.05, 0) is 135 Å². The van der Waals surface area contributed by atoms with Gasteiger partial charge in [-0.3, -0.25) is 4.57 Å². The molecule has 3 aromatic heterocycles. The molecule has 90 heavy (non-hydrogen) atoms. The number of fused-ring (bicyclic) bond motifs is 10. The molecule has 0 radical (unpaired) electrons. The van der Waals surface area contributed by atoms with Crippen LogP contribution in [0.15, 0.2) is 273 Å². The van der Waals surface area contributed by atoms with E-state index in [1.165, 1.54) is 97.3 Å². The highest BCUT2D eigenvalue weighted by Crippen LogP contribution is 2.46. The molecule has 0 unspecified atom stereocenters. The molecule has 5 nitrogen and oxygen atoms in total. The molecule has 0 saturated heterocycles. The van der Waals surface area contributed by atoms with Crippen molar-refractivity contribution in [3.63, 3.8) is 0 Å². The van der Waals surface area contributed by atoms with Crippen LogP contribution < -0.4 is 30.4 Å². The van der Waals surface area contributed by atoms with Crippen LogP contribution in [-0.2, 0) is 22.9 Å². The van der Waals surface area contributed by atoms with Crippen LogP contribution in [0.4, 0.5) is 11.4 Å². The molecule has 0 spiro atoms. The van der Waals surface area contributed by atoms with E-state index >= 15 is 0 Å². The van der Waals surface area contributed by atoms with Crippen molar-refractivity contribution in [1.29, 1.82) is 0 Å². The second-order valence-electron chi connectivity index (χ2n) is 27.6. The van der Waals surface area contributed by atoms with Gasteiger partial charge in [-0.15, -0.1) is 0 Å². The third-order valence-corrected chi connectivity index (χ3v) is 23.6. The zero-order valence-electron chi connectivity index (χ0n) is 52.9. The van der Waals surface area contributed by atoms with Gasteiger partial charge in [-0.25, -0.2) is 4.98 Å². The van der Waals surface area contributed by atoms with Gasteiger partial charge >= 0.3 is 0 Å². The number of hydrogen-bond donors (Lipinski definition) is 0. The van der Waals surface area contributed by atoms with Gasteiger partial charge in [0.1, 0.15) is 24.0 Å². The lowest BCUT2D eigenvalue weighted by molar-refractivity contribution is 0.483. The molecule has 11 aromatic carbocycles. The van der Waals surface area contributed by atoms with Crippen molar-refractivity contribution in [2.24, 2.45) is 0 Å². The van der Waals surface area contributed by atoms with Gasteiger partial charge in [0.05, 0.1) is 27.8 Å². The Hall–Kier alpha value is -10.0. The Morgan fingerprint density at radius 1 is 0.367 bits per heavy atom. The van der Waals surface area contributed by atoms with E-state index in [2.05, 4.69) is 343 Å². The summed E-state index contributed by atoms with van der Waals surface area (Å²) in [6.45, 7) is 21.4. The molecular formula is C84H74N4OSi. The number of anilines is 2. The third-order valence-electron chi connectivity index (χ3n) is 18.9. The van der Waals surface area contributed by atoms with Crippen LogP contribution >= 0.6 is 0 Å². The minimum Gasteiger partial charge on any atom is -0.457 e. The number of hydrogen-bond acceptors (Lipinski definition) is 3. The highest BCUT2D eigenvalue weighted by molar-refractivity contribution is 7.20. The summed E-state index contributed by atoms with van der Waals surface area (Å²) in [7, 11) is -3.01. The second-order valence-corrected chi connectivity index (χ2v) is 31.4. The topological polar surface area (TPSA) is 35.2 Å². The second kappa shape index (κ2) is 21.6. The molecule has 1 aliphatic rings. The maximum atomic E-state index is 7.04. The Labute approximate surface area is 529 Å². The summed E-state index contributed by atoms with van der Waals surface area (Å²) in [4.78, 5) is 7.46. The van der Waals surface area contributed by atoms with E-state index in [1.54, 1.807) is 0 Å². The third kappa shape index (κ3) is 9.55. The van der Waals surface area contributed by atoms with E-state index < -0.39 is 8.07 Å². The van der Waals surface area contributed by atoms with Gasteiger partial charge in [0, 0.05) is 51.1 Å². The first-order valence-corrected chi connectivity index (χ1v) is 33.7. The Bertz CT molecular complexity index is 5100. The molecule has 0 bridgehead atoms. The molecule has 15 rings (SSSR count). The fourth-order valence-electron chi connectivity index (χ4n) is 14.3. The van der Waals surface area contributed by atoms with Gasteiger partial charge in [0.15, 0.2) is 8.07 Å². The maximum absolute atomic E-state index is 7.04. The molecule has 6 heteroatoms. The zero-order chi connectivity index (χ0) is 61.7. The summed E-state index contributed by atoms with van der Waals surface area (Å²) in [6, 6.07) is 100. The van der Waals surface area contributed by atoms with Gasteiger partial charge in [-0.2, -0.15) is 0 Å². The number of pyridine rings is 1. The van der Waals surface area contributed by atoms with E-state index in [-0.39, 0.29) is 16.2 Å². The number of aromatic nitrogens is 3. The molecule has 4 heterocycles. The molecule has 0 N–H and O–H groups in total. The molecule has 0 atom stereocenters. The Kier molecular flexibility index (Phi) is 13.6. The molecule has 0 fully saturated rings.